The van der Waals surface area contributed by atoms with Crippen LogP contribution in [0.5, 0.6) is 5.75 Å². The number of nitrogens with two attached hydrogens (primary N) is 1. The molecule has 1 fully saturated rings. The first-order valence-electron chi connectivity index (χ1n) is 7.22. The average Bonchev–Trinajstić information content (AvgIpc) is 2.44. The SMILES string of the molecule is NC1CCCC(C(=O)NCc2ccccc2OC(F)(F)F)C1. The van der Waals surface area contributed by atoms with E-state index in [1.165, 1.54) is 18.2 Å². The minimum Gasteiger partial charge on any atom is -0.405 e. The van der Waals surface area contributed by atoms with Crippen LogP contribution in [0.2, 0.25) is 0 Å². The summed E-state index contributed by atoms with van der Waals surface area (Å²) in [6.45, 7) is -0.00315. The van der Waals surface area contributed by atoms with Gasteiger partial charge in [0.1, 0.15) is 5.75 Å². The molecule has 4 nitrogen and oxygen atoms in total. The zero-order chi connectivity index (χ0) is 16.2. The van der Waals surface area contributed by atoms with E-state index in [1.807, 2.05) is 0 Å². The highest BCUT2D eigenvalue weighted by Crippen LogP contribution is 2.27. The van der Waals surface area contributed by atoms with E-state index in [4.69, 9.17) is 5.73 Å². The summed E-state index contributed by atoms with van der Waals surface area (Å²) < 4.78 is 40.9. The minimum absolute atomic E-state index is 0.00315. The van der Waals surface area contributed by atoms with Crippen LogP contribution >= 0.6 is 0 Å². The Morgan fingerprint density at radius 3 is 2.73 bits per heavy atom. The van der Waals surface area contributed by atoms with Crippen molar-refractivity contribution in [2.75, 3.05) is 0 Å². The van der Waals surface area contributed by atoms with E-state index in [-0.39, 0.29) is 35.7 Å². The van der Waals surface area contributed by atoms with E-state index in [0.717, 1.165) is 19.3 Å². The molecule has 0 radical (unpaired) electrons. The topological polar surface area (TPSA) is 64.4 Å². The maximum absolute atomic E-state index is 12.3. The van der Waals surface area contributed by atoms with Gasteiger partial charge in [0.2, 0.25) is 5.91 Å². The van der Waals surface area contributed by atoms with Crippen LogP contribution in [-0.4, -0.2) is 18.3 Å². The second kappa shape index (κ2) is 7.00. The first-order chi connectivity index (χ1) is 10.3. The van der Waals surface area contributed by atoms with Gasteiger partial charge in [0.15, 0.2) is 0 Å². The molecule has 0 aromatic heterocycles. The van der Waals surface area contributed by atoms with Gasteiger partial charge in [0.25, 0.3) is 0 Å². The minimum atomic E-state index is -4.75. The van der Waals surface area contributed by atoms with Crippen LogP contribution in [-0.2, 0) is 11.3 Å². The predicted octanol–water partition coefficient (Wildman–Crippen LogP) is 2.72. The molecule has 1 aliphatic rings. The first-order valence-corrected chi connectivity index (χ1v) is 7.22. The molecule has 1 aromatic carbocycles. The monoisotopic (exact) mass is 316 g/mol. The summed E-state index contributed by atoms with van der Waals surface area (Å²) >= 11 is 0. The van der Waals surface area contributed by atoms with Crippen LogP contribution in [0.25, 0.3) is 0 Å². The number of carbonyl (C=O) groups is 1. The largest absolute Gasteiger partial charge is 0.573 e. The number of hydrogen-bond donors (Lipinski definition) is 2. The second-order valence-corrected chi connectivity index (χ2v) is 5.50. The van der Waals surface area contributed by atoms with E-state index < -0.39 is 6.36 Å². The van der Waals surface area contributed by atoms with E-state index in [1.54, 1.807) is 6.07 Å². The fourth-order valence-electron chi connectivity index (χ4n) is 2.67. The lowest BCUT2D eigenvalue weighted by molar-refractivity contribution is -0.274. The van der Waals surface area contributed by atoms with Gasteiger partial charge in [-0.1, -0.05) is 24.6 Å². The molecule has 2 rings (SSSR count). The molecule has 3 N–H and O–H groups in total. The predicted molar refractivity (Wildman–Crippen MR) is 74.9 cm³/mol. The van der Waals surface area contributed by atoms with Gasteiger partial charge in [-0.25, -0.2) is 0 Å². The Balaban J connectivity index is 1.95. The summed E-state index contributed by atoms with van der Waals surface area (Å²) in [6.07, 6.45) is -1.57. The maximum atomic E-state index is 12.3. The highest BCUT2D eigenvalue weighted by Gasteiger charge is 2.32. The molecule has 1 saturated carbocycles. The normalized spacial score (nSPS) is 22.2. The van der Waals surface area contributed by atoms with Crippen molar-refractivity contribution in [3.8, 4) is 5.75 Å². The van der Waals surface area contributed by atoms with Crippen molar-refractivity contribution in [1.29, 1.82) is 0 Å². The molecule has 2 atom stereocenters. The summed E-state index contributed by atoms with van der Waals surface area (Å²) in [5, 5.41) is 2.67. The third-order valence-corrected chi connectivity index (χ3v) is 3.74. The van der Waals surface area contributed by atoms with Crippen molar-refractivity contribution >= 4 is 5.91 Å². The lowest BCUT2D eigenvalue weighted by Gasteiger charge is -2.25. The van der Waals surface area contributed by atoms with Gasteiger partial charge in [-0.2, -0.15) is 0 Å². The molecule has 0 saturated heterocycles. The Kier molecular flexibility index (Phi) is 5.28. The Labute approximate surface area is 126 Å². The number of para-hydroxylation sites is 1. The molecule has 0 bridgehead atoms. The summed E-state index contributed by atoms with van der Waals surface area (Å²) in [6, 6.07) is 5.79. The highest BCUT2D eigenvalue weighted by molar-refractivity contribution is 5.78. The number of carbonyl (C=O) groups excluding carboxylic acids is 1. The highest BCUT2D eigenvalue weighted by atomic mass is 19.4. The molecule has 0 spiro atoms. The molecular weight excluding hydrogens is 297 g/mol. The Morgan fingerprint density at radius 2 is 2.05 bits per heavy atom. The summed E-state index contributed by atoms with van der Waals surface area (Å²) in [7, 11) is 0. The van der Waals surface area contributed by atoms with Gasteiger partial charge < -0.3 is 15.8 Å². The van der Waals surface area contributed by atoms with Gasteiger partial charge in [0, 0.05) is 24.1 Å². The van der Waals surface area contributed by atoms with Crippen LogP contribution < -0.4 is 15.8 Å². The van der Waals surface area contributed by atoms with Crippen molar-refractivity contribution in [3.05, 3.63) is 29.8 Å². The molecule has 0 heterocycles. The maximum Gasteiger partial charge on any atom is 0.573 e. The fraction of sp³-hybridized carbons (Fsp3) is 0.533. The van der Waals surface area contributed by atoms with E-state index in [0.29, 0.717) is 6.42 Å². The lowest BCUT2D eigenvalue weighted by Crippen LogP contribution is -2.37. The molecule has 1 aliphatic carbocycles. The molecular formula is C15H19F3N2O2. The van der Waals surface area contributed by atoms with E-state index in [2.05, 4.69) is 10.1 Å². The third-order valence-electron chi connectivity index (χ3n) is 3.74. The number of alkyl halides is 3. The standard InChI is InChI=1S/C15H19F3N2O2/c16-15(17,18)22-13-7-2-1-4-11(13)9-20-14(21)10-5-3-6-12(19)8-10/h1-2,4,7,10,12H,3,5-6,8-9,19H2,(H,20,21). The van der Waals surface area contributed by atoms with Crippen LogP contribution in [0.4, 0.5) is 13.2 Å². The fourth-order valence-corrected chi connectivity index (χ4v) is 2.67. The molecule has 7 heteroatoms. The summed E-state index contributed by atoms with van der Waals surface area (Å²) in [5.74, 6) is -0.632. The Hall–Kier alpha value is -1.76. The van der Waals surface area contributed by atoms with Gasteiger partial charge >= 0.3 is 6.36 Å². The van der Waals surface area contributed by atoms with E-state index >= 15 is 0 Å². The van der Waals surface area contributed by atoms with E-state index in [9.17, 15) is 18.0 Å². The van der Waals surface area contributed by atoms with Crippen molar-refractivity contribution in [2.45, 2.75) is 44.6 Å². The molecule has 122 valence electrons. The van der Waals surface area contributed by atoms with Crippen molar-refractivity contribution in [2.24, 2.45) is 11.7 Å². The Morgan fingerprint density at radius 1 is 1.32 bits per heavy atom. The first kappa shape index (κ1) is 16.6. The average molecular weight is 316 g/mol. The van der Waals surface area contributed by atoms with Crippen molar-refractivity contribution in [3.63, 3.8) is 0 Å². The smallest absolute Gasteiger partial charge is 0.405 e. The number of nitrogens with one attached hydrogen (secondary N) is 1. The second-order valence-electron chi connectivity index (χ2n) is 5.50. The molecule has 2 unspecified atom stereocenters. The van der Waals surface area contributed by atoms with Crippen molar-refractivity contribution < 1.29 is 22.7 Å². The number of halogens is 3. The molecule has 1 aromatic rings. The van der Waals surface area contributed by atoms with Gasteiger partial charge in [-0.05, 0) is 25.3 Å². The number of benzene rings is 1. The molecule has 0 aliphatic heterocycles. The lowest BCUT2D eigenvalue weighted by atomic mass is 9.85. The number of hydrogen-bond acceptors (Lipinski definition) is 3. The van der Waals surface area contributed by atoms with Crippen LogP contribution in [0.1, 0.15) is 31.2 Å². The zero-order valence-electron chi connectivity index (χ0n) is 12.0. The van der Waals surface area contributed by atoms with Gasteiger partial charge in [-0.15, -0.1) is 13.2 Å². The number of rotatable bonds is 4. The van der Waals surface area contributed by atoms with Gasteiger partial charge in [0.05, 0.1) is 0 Å². The number of ether oxygens (including phenoxy) is 1. The molecule has 22 heavy (non-hydrogen) atoms. The number of amides is 1. The molecule has 1 amide bonds. The zero-order valence-corrected chi connectivity index (χ0v) is 12.0. The quantitative estimate of drug-likeness (QED) is 0.898. The van der Waals surface area contributed by atoms with Crippen molar-refractivity contribution in [1.82, 2.24) is 5.32 Å². The third kappa shape index (κ3) is 4.91. The Bertz CT molecular complexity index is 520. The van der Waals surface area contributed by atoms with Crippen LogP contribution in [0.3, 0.4) is 0 Å². The summed E-state index contributed by atoms with van der Waals surface area (Å²) in [4.78, 5) is 12.1. The van der Waals surface area contributed by atoms with Crippen LogP contribution in [0, 0.1) is 5.92 Å². The van der Waals surface area contributed by atoms with Gasteiger partial charge in [-0.3, -0.25) is 4.79 Å². The summed E-state index contributed by atoms with van der Waals surface area (Å²) in [5.41, 5.74) is 6.12. The van der Waals surface area contributed by atoms with Crippen LogP contribution in [0.15, 0.2) is 24.3 Å².